The largest absolute Gasteiger partial charge is 0.370 e. The van der Waals surface area contributed by atoms with Crippen LogP contribution in [0.25, 0.3) is 0 Å². The van der Waals surface area contributed by atoms with Gasteiger partial charge in [-0.1, -0.05) is 0 Å². The second-order valence-corrected chi connectivity index (χ2v) is 3.22. The van der Waals surface area contributed by atoms with E-state index >= 15 is 0 Å². The predicted molar refractivity (Wildman–Crippen MR) is 49.6 cm³/mol. The van der Waals surface area contributed by atoms with Gasteiger partial charge in [0.25, 0.3) is 5.91 Å². The molecule has 80 valence electrons. The summed E-state index contributed by atoms with van der Waals surface area (Å²) in [5.41, 5.74) is 4.75. The van der Waals surface area contributed by atoms with Crippen molar-refractivity contribution in [1.82, 2.24) is 10.6 Å². The minimum Gasteiger partial charge on any atom is -0.370 e. The van der Waals surface area contributed by atoms with E-state index in [1.807, 2.05) is 5.32 Å². The number of urea groups is 1. The first kappa shape index (κ1) is 10.9. The van der Waals surface area contributed by atoms with E-state index in [2.05, 4.69) is 5.32 Å². The van der Waals surface area contributed by atoms with Crippen molar-refractivity contribution in [3.63, 3.8) is 0 Å². The molecule has 4 N–H and O–H groups in total. The number of ether oxygens (including phenoxy) is 1. The third-order valence-electron chi connectivity index (χ3n) is 1.98. The Labute approximate surface area is 82.2 Å². The average molecular weight is 201 g/mol. The molecule has 0 spiro atoms. The van der Waals surface area contributed by atoms with Gasteiger partial charge in [0, 0.05) is 6.04 Å². The Morgan fingerprint density at radius 1 is 1.57 bits per heavy atom. The Kier molecular flexibility index (Phi) is 4.34. The van der Waals surface area contributed by atoms with Gasteiger partial charge in [0.05, 0.1) is 6.61 Å². The maximum absolute atomic E-state index is 10.9. The van der Waals surface area contributed by atoms with E-state index in [1.165, 1.54) is 0 Å². The van der Waals surface area contributed by atoms with Gasteiger partial charge < -0.3 is 15.8 Å². The lowest BCUT2D eigenvalue weighted by Crippen LogP contribution is -2.38. The Balaban J connectivity index is 2.02. The van der Waals surface area contributed by atoms with E-state index in [0.717, 1.165) is 19.4 Å². The molecule has 6 nitrogen and oxygen atoms in total. The number of imide groups is 1. The molecule has 1 fully saturated rings. The number of rotatable bonds is 4. The van der Waals surface area contributed by atoms with Gasteiger partial charge in [-0.05, 0) is 19.4 Å². The predicted octanol–water partition coefficient (Wildman–Crippen LogP) is -1.05. The van der Waals surface area contributed by atoms with E-state index < -0.39 is 11.9 Å². The van der Waals surface area contributed by atoms with Crippen LogP contribution >= 0.6 is 0 Å². The molecule has 1 rings (SSSR count). The van der Waals surface area contributed by atoms with Gasteiger partial charge in [0.15, 0.2) is 0 Å². The fourth-order valence-corrected chi connectivity index (χ4v) is 1.37. The number of hydrogen-bond acceptors (Lipinski definition) is 4. The molecule has 0 aromatic rings. The Hall–Kier alpha value is -1.14. The van der Waals surface area contributed by atoms with E-state index in [1.54, 1.807) is 0 Å². The first-order chi connectivity index (χ1) is 6.68. The highest BCUT2D eigenvalue weighted by Gasteiger charge is 2.14. The van der Waals surface area contributed by atoms with Crippen LogP contribution in [0.3, 0.4) is 0 Å². The highest BCUT2D eigenvalue weighted by molar-refractivity contribution is 5.94. The summed E-state index contributed by atoms with van der Waals surface area (Å²) in [6, 6.07) is -0.519. The fraction of sp³-hybridized carbons (Fsp3) is 0.750. The number of carbonyl (C=O) groups is 2. The van der Waals surface area contributed by atoms with Gasteiger partial charge in [0.1, 0.15) is 6.61 Å². The van der Waals surface area contributed by atoms with Crippen LogP contribution in [0.5, 0.6) is 0 Å². The second kappa shape index (κ2) is 5.56. The summed E-state index contributed by atoms with van der Waals surface area (Å²) < 4.78 is 5.10. The molecule has 14 heavy (non-hydrogen) atoms. The maximum Gasteiger partial charge on any atom is 0.318 e. The molecule has 0 aliphatic carbocycles. The summed E-state index contributed by atoms with van der Waals surface area (Å²) in [6.45, 7) is 1.37. The fourth-order valence-electron chi connectivity index (χ4n) is 1.37. The smallest absolute Gasteiger partial charge is 0.318 e. The van der Waals surface area contributed by atoms with E-state index in [4.69, 9.17) is 10.5 Å². The molecule has 3 amide bonds. The minimum atomic E-state index is -0.849. The van der Waals surface area contributed by atoms with Gasteiger partial charge in [-0.15, -0.1) is 0 Å². The van der Waals surface area contributed by atoms with Crippen molar-refractivity contribution >= 4 is 11.9 Å². The van der Waals surface area contributed by atoms with Crippen LogP contribution in [0, 0.1) is 0 Å². The second-order valence-electron chi connectivity index (χ2n) is 3.22. The molecule has 1 atom stereocenters. The molecular weight excluding hydrogens is 186 g/mol. The number of carbonyl (C=O) groups excluding carboxylic acids is 2. The molecule has 1 aliphatic heterocycles. The van der Waals surface area contributed by atoms with Crippen molar-refractivity contribution in [2.45, 2.75) is 18.9 Å². The van der Waals surface area contributed by atoms with E-state index in [0.29, 0.717) is 12.6 Å². The summed E-state index contributed by atoms with van der Waals surface area (Å²) in [6.07, 6.45) is 2.21. The van der Waals surface area contributed by atoms with E-state index in [-0.39, 0.29) is 6.61 Å². The molecule has 0 aromatic heterocycles. The standard InChI is InChI=1S/C8H15N3O3/c9-8(13)11-7(12)5-14-4-6-2-1-3-10-6/h6,10H,1-5H2,(H3,9,11,12,13). The van der Waals surface area contributed by atoms with Crippen LogP contribution < -0.4 is 16.4 Å². The lowest BCUT2D eigenvalue weighted by Gasteiger charge is -2.09. The summed E-state index contributed by atoms with van der Waals surface area (Å²) >= 11 is 0. The van der Waals surface area contributed by atoms with Gasteiger partial charge in [-0.25, -0.2) is 4.79 Å². The summed E-state index contributed by atoms with van der Waals surface area (Å²) in [5.74, 6) is -0.504. The quantitative estimate of drug-likeness (QED) is 0.541. The van der Waals surface area contributed by atoms with Crippen molar-refractivity contribution < 1.29 is 14.3 Å². The highest BCUT2D eigenvalue weighted by Crippen LogP contribution is 2.04. The lowest BCUT2D eigenvalue weighted by molar-refractivity contribution is -0.124. The van der Waals surface area contributed by atoms with Crippen molar-refractivity contribution in [3.8, 4) is 0 Å². The number of nitrogens with two attached hydrogens (primary N) is 1. The Morgan fingerprint density at radius 3 is 2.93 bits per heavy atom. The van der Waals surface area contributed by atoms with Crippen LogP contribution in [0.2, 0.25) is 0 Å². The number of amides is 3. The molecule has 6 heteroatoms. The first-order valence-electron chi connectivity index (χ1n) is 4.59. The Morgan fingerprint density at radius 2 is 2.36 bits per heavy atom. The minimum absolute atomic E-state index is 0.124. The molecular formula is C8H15N3O3. The van der Waals surface area contributed by atoms with Crippen LogP contribution in [0.4, 0.5) is 4.79 Å². The zero-order valence-corrected chi connectivity index (χ0v) is 7.91. The van der Waals surface area contributed by atoms with Crippen LogP contribution in [-0.4, -0.2) is 37.7 Å². The van der Waals surface area contributed by atoms with Crippen molar-refractivity contribution in [1.29, 1.82) is 0 Å². The molecule has 0 radical (unpaired) electrons. The molecule has 1 aliphatic rings. The van der Waals surface area contributed by atoms with Crippen LogP contribution in [-0.2, 0) is 9.53 Å². The van der Waals surface area contributed by atoms with Crippen LogP contribution in [0.1, 0.15) is 12.8 Å². The van der Waals surface area contributed by atoms with Gasteiger partial charge >= 0.3 is 6.03 Å². The number of nitrogens with one attached hydrogen (secondary N) is 2. The zero-order chi connectivity index (χ0) is 10.4. The maximum atomic E-state index is 10.9. The van der Waals surface area contributed by atoms with Crippen LogP contribution in [0.15, 0.2) is 0 Å². The molecule has 0 bridgehead atoms. The van der Waals surface area contributed by atoms with E-state index in [9.17, 15) is 9.59 Å². The number of hydrogen-bond donors (Lipinski definition) is 3. The first-order valence-corrected chi connectivity index (χ1v) is 4.59. The number of primary amides is 1. The molecule has 1 unspecified atom stereocenters. The summed E-state index contributed by atoms with van der Waals surface area (Å²) in [5, 5.41) is 5.15. The summed E-state index contributed by atoms with van der Waals surface area (Å²) in [4.78, 5) is 21.1. The van der Waals surface area contributed by atoms with Gasteiger partial charge in [-0.2, -0.15) is 0 Å². The average Bonchev–Trinajstić information content (AvgIpc) is 2.55. The monoisotopic (exact) mass is 201 g/mol. The van der Waals surface area contributed by atoms with Crippen molar-refractivity contribution in [2.24, 2.45) is 5.73 Å². The van der Waals surface area contributed by atoms with Gasteiger partial charge in [-0.3, -0.25) is 10.1 Å². The topological polar surface area (TPSA) is 93.5 Å². The molecule has 1 heterocycles. The SMILES string of the molecule is NC(=O)NC(=O)COCC1CCCN1. The van der Waals surface area contributed by atoms with Gasteiger partial charge in [0.2, 0.25) is 0 Å². The third-order valence-corrected chi connectivity index (χ3v) is 1.98. The molecule has 0 aromatic carbocycles. The Bertz CT molecular complexity index is 214. The summed E-state index contributed by atoms with van der Waals surface area (Å²) in [7, 11) is 0. The third kappa shape index (κ3) is 4.20. The molecule has 0 saturated carbocycles. The normalized spacial score (nSPS) is 20.7. The lowest BCUT2D eigenvalue weighted by atomic mass is 10.2. The van der Waals surface area contributed by atoms with Crippen molar-refractivity contribution in [2.75, 3.05) is 19.8 Å². The van der Waals surface area contributed by atoms with Crippen molar-refractivity contribution in [3.05, 3.63) is 0 Å². The highest BCUT2D eigenvalue weighted by atomic mass is 16.5. The molecule has 1 saturated heterocycles. The zero-order valence-electron chi connectivity index (χ0n) is 7.91.